The van der Waals surface area contributed by atoms with Gasteiger partial charge in [0, 0.05) is 6.20 Å². The van der Waals surface area contributed by atoms with Crippen molar-refractivity contribution >= 4 is 17.2 Å². The molecule has 26 heavy (non-hydrogen) atoms. The highest BCUT2D eigenvalue weighted by molar-refractivity contribution is 7.17. The molecule has 1 saturated carbocycles. The van der Waals surface area contributed by atoms with Gasteiger partial charge in [-0.05, 0) is 50.3 Å². The fraction of sp³-hybridized carbons (Fsp3) is 0.286. The van der Waals surface area contributed by atoms with Gasteiger partial charge in [0.1, 0.15) is 9.88 Å². The van der Waals surface area contributed by atoms with Crippen molar-refractivity contribution in [3.05, 3.63) is 70.4 Å². The lowest BCUT2D eigenvalue weighted by atomic mass is 10.0. The fourth-order valence-electron chi connectivity index (χ4n) is 3.09. The Morgan fingerprint density at radius 1 is 1.15 bits per heavy atom. The second-order valence-corrected chi connectivity index (χ2v) is 7.85. The Morgan fingerprint density at radius 2 is 1.92 bits per heavy atom. The van der Waals surface area contributed by atoms with Crippen molar-refractivity contribution in [3.8, 4) is 10.7 Å². The molecule has 2 heterocycles. The van der Waals surface area contributed by atoms with E-state index >= 15 is 0 Å². The number of hydrogen-bond donors (Lipinski definition) is 1. The maximum absolute atomic E-state index is 12.9. The minimum Gasteiger partial charge on any atom is -0.344 e. The van der Waals surface area contributed by atoms with E-state index in [0.29, 0.717) is 10.8 Å². The van der Waals surface area contributed by atoms with Crippen molar-refractivity contribution in [2.45, 2.75) is 32.7 Å². The quantitative estimate of drug-likeness (QED) is 0.715. The molecule has 2 aromatic heterocycles. The van der Waals surface area contributed by atoms with Crippen molar-refractivity contribution in [1.82, 2.24) is 15.3 Å². The second-order valence-electron chi connectivity index (χ2n) is 6.85. The first-order valence-corrected chi connectivity index (χ1v) is 9.70. The summed E-state index contributed by atoms with van der Waals surface area (Å²) in [5.74, 6) is 0.491. The van der Waals surface area contributed by atoms with Crippen molar-refractivity contribution in [3.63, 3.8) is 0 Å². The number of pyridine rings is 1. The Hall–Kier alpha value is -2.53. The highest BCUT2D eigenvalue weighted by Gasteiger charge is 2.34. The SMILES string of the molecule is Cc1ccc(C(NC(=O)c2sc(-c3ccccn3)nc2C)C2CC2)cc1. The van der Waals surface area contributed by atoms with Crippen LogP contribution in [0.5, 0.6) is 0 Å². The smallest absolute Gasteiger partial charge is 0.263 e. The topological polar surface area (TPSA) is 54.9 Å². The standard InChI is InChI=1S/C21H21N3OS/c1-13-6-8-15(9-7-13)18(16-10-11-16)24-20(25)19-14(2)23-21(26-19)17-5-3-4-12-22-17/h3-9,12,16,18H,10-11H2,1-2H3,(H,24,25). The first-order valence-electron chi connectivity index (χ1n) is 8.88. The lowest BCUT2D eigenvalue weighted by Crippen LogP contribution is -2.29. The maximum atomic E-state index is 12.9. The molecular formula is C21H21N3OS. The molecule has 5 heteroatoms. The summed E-state index contributed by atoms with van der Waals surface area (Å²) in [4.78, 5) is 22.5. The van der Waals surface area contributed by atoms with E-state index in [1.54, 1.807) is 6.20 Å². The van der Waals surface area contributed by atoms with Crippen LogP contribution in [0.4, 0.5) is 0 Å². The van der Waals surface area contributed by atoms with Crippen LogP contribution >= 0.6 is 11.3 Å². The predicted octanol–water partition coefficient (Wildman–Crippen LogP) is 4.70. The zero-order chi connectivity index (χ0) is 18.1. The van der Waals surface area contributed by atoms with Gasteiger partial charge in [-0.25, -0.2) is 4.98 Å². The summed E-state index contributed by atoms with van der Waals surface area (Å²) in [5.41, 5.74) is 3.97. The molecule has 3 aromatic rings. The number of benzene rings is 1. The summed E-state index contributed by atoms with van der Waals surface area (Å²) in [6, 6.07) is 14.2. The molecular weight excluding hydrogens is 342 g/mol. The van der Waals surface area contributed by atoms with Crippen LogP contribution in [0.15, 0.2) is 48.7 Å². The molecule has 0 radical (unpaired) electrons. The minimum absolute atomic E-state index is 0.0420. The van der Waals surface area contributed by atoms with Crippen molar-refractivity contribution in [2.75, 3.05) is 0 Å². The van der Waals surface area contributed by atoms with Crippen molar-refractivity contribution < 1.29 is 4.79 Å². The van der Waals surface area contributed by atoms with Crippen molar-refractivity contribution in [1.29, 1.82) is 0 Å². The van der Waals surface area contributed by atoms with Gasteiger partial charge in [-0.2, -0.15) is 0 Å². The lowest BCUT2D eigenvalue weighted by Gasteiger charge is -2.18. The van der Waals surface area contributed by atoms with E-state index in [1.807, 2.05) is 25.1 Å². The normalized spacial score (nSPS) is 14.8. The van der Waals surface area contributed by atoms with E-state index in [0.717, 1.165) is 16.4 Å². The van der Waals surface area contributed by atoms with E-state index in [-0.39, 0.29) is 11.9 Å². The molecule has 1 aromatic carbocycles. The van der Waals surface area contributed by atoms with Crippen LogP contribution in [0.2, 0.25) is 0 Å². The van der Waals surface area contributed by atoms with Gasteiger partial charge in [0.15, 0.2) is 0 Å². The molecule has 0 bridgehead atoms. The summed E-state index contributed by atoms with van der Waals surface area (Å²) in [6.45, 7) is 3.96. The van der Waals surface area contributed by atoms with Gasteiger partial charge < -0.3 is 5.32 Å². The Morgan fingerprint density at radius 3 is 2.58 bits per heavy atom. The summed E-state index contributed by atoms with van der Waals surface area (Å²) < 4.78 is 0. The summed E-state index contributed by atoms with van der Waals surface area (Å²) in [7, 11) is 0. The number of nitrogens with zero attached hydrogens (tertiary/aromatic N) is 2. The van der Waals surface area contributed by atoms with E-state index in [2.05, 4.69) is 46.5 Å². The van der Waals surface area contributed by atoms with E-state index in [1.165, 1.54) is 35.3 Å². The molecule has 1 atom stereocenters. The third-order valence-electron chi connectivity index (χ3n) is 4.70. The number of rotatable bonds is 5. The molecule has 0 aliphatic heterocycles. The average Bonchev–Trinajstić information content (AvgIpc) is 3.42. The van der Waals surface area contributed by atoms with Gasteiger partial charge in [-0.3, -0.25) is 9.78 Å². The summed E-state index contributed by atoms with van der Waals surface area (Å²) in [5, 5.41) is 4.03. The molecule has 0 saturated heterocycles. The van der Waals surface area contributed by atoms with Crippen LogP contribution < -0.4 is 5.32 Å². The van der Waals surface area contributed by atoms with Crippen LogP contribution in [0, 0.1) is 19.8 Å². The largest absolute Gasteiger partial charge is 0.344 e. The van der Waals surface area contributed by atoms with Crippen LogP contribution in [0.1, 0.15) is 45.4 Å². The molecule has 1 aliphatic carbocycles. The number of amides is 1. The van der Waals surface area contributed by atoms with E-state index < -0.39 is 0 Å². The van der Waals surface area contributed by atoms with Crippen LogP contribution in [0.25, 0.3) is 10.7 Å². The van der Waals surface area contributed by atoms with Crippen LogP contribution in [0.3, 0.4) is 0 Å². The highest BCUT2D eigenvalue weighted by atomic mass is 32.1. The number of aryl methyl sites for hydroxylation is 2. The van der Waals surface area contributed by atoms with Gasteiger partial charge in [0.25, 0.3) is 5.91 Å². The Kier molecular flexibility index (Phi) is 4.55. The molecule has 1 unspecified atom stereocenters. The van der Waals surface area contributed by atoms with Gasteiger partial charge in [-0.1, -0.05) is 35.9 Å². The first kappa shape index (κ1) is 16.9. The summed E-state index contributed by atoms with van der Waals surface area (Å²) >= 11 is 1.41. The first-order chi connectivity index (χ1) is 12.6. The van der Waals surface area contributed by atoms with E-state index in [9.17, 15) is 4.79 Å². The third kappa shape index (κ3) is 3.53. The molecule has 4 rings (SSSR count). The minimum atomic E-state index is -0.0420. The monoisotopic (exact) mass is 363 g/mol. The van der Waals surface area contributed by atoms with Crippen LogP contribution in [-0.4, -0.2) is 15.9 Å². The lowest BCUT2D eigenvalue weighted by molar-refractivity contribution is 0.0935. The highest BCUT2D eigenvalue weighted by Crippen LogP contribution is 2.41. The Balaban J connectivity index is 1.57. The molecule has 1 amide bonds. The molecule has 4 nitrogen and oxygen atoms in total. The molecule has 1 fully saturated rings. The predicted molar refractivity (Wildman–Crippen MR) is 104 cm³/mol. The fourth-order valence-corrected chi connectivity index (χ4v) is 4.04. The van der Waals surface area contributed by atoms with Crippen molar-refractivity contribution in [2.24, 2.45) is 5.92 Å². The zero-order valence-electron chi connectivity index (χ0n) is 14.9. The number of carbonyl (C=O) groups is 1. The van der Waals surface area contributed by atoms with Gasteiger partial charge >= 0.3 is 0 Å². The van der Waals surface area contributed by atoms with Gasteiger partial charge in [0.05, 0.1) is 17.4 Å². The van der Waals surface area contributed by atoms with Gasteiger partial charge in [-0.15, -0.1) is 11.3 Å². The molecule has 1 N–H and O–H groups in total. The molecule has 1 aliphatic rings. The zero-order valence-corrected chi connectivity index (χ0v) is 15.7. The number of nitrogens with one attached hydrogen (secondary N) is 1. The number of thiazole rings is 1. The number of carbonyl (C=O) groups excluding carboxylic acids is 1. The Bertz CT molecular complexity index is 914. The second kappa shape index (κ2) is 7.00. The van der Waals surface area contributed by atoms with Gasteiger partial charge in [0.2, 0.25) is 0 Å². The van der Waals surface area contributed by atoms with Crippen LogP contribution in [-0.2, 0) is 0 Å². The summed E-state index contributed by atoms with van der Waals surface area (Å²) in [6.07, 6.45) is 4.08. The number of hydrogen-bond acceptors (Lipinski definition) is 4. The maximum Gasteiger partial charge on any atom is 0.263 e. The molecule has 0 spiro atoms. The van der Waals surface area contributed by atoms with E-state index in [4.69, 9.17) is 0 Å². The number of aromatic nitrogens is 2. The Labute approximate surface area is 157 Å². The molecule has 132 valence electrons. The third-order valence-corrected chi connectivity index (χ3v) is 5.88. The average molecular weight is 363 g/mol.